The van der Waals surface area contributed by atoms with E-state index in [-0.39, 0.29) is 11.1 Å². The van der Waals surface area contributed by atoms with E-state index >= 15 is 0 Å². The minimum Gasteiger partial charge on any atom is -0.349 e. The van der Waals surface area contributed by atoms with Crippen LogP contribution in [0.5, 0.6) is 0 Å². The molecule has 0 unspecified atom stereocenters. The lowest BCUT2D eigenvalue weighted by molar-refractivity contribution is -0.127. The van der Waals surface area contributed by atoms with Gasteiger partial charge in [0.05, 0.1) is 23.6 Å². The van der Waals surface area contributed by atoms with E-state index in [9.17, 15) is 19.2 Å². The molecule has 3 aliphatic rings. The molecule has 2 amide bonds. The molecule has 2 heterocycles. The maximum Gasteiger partial charge on any atom is 0.241 e. The molecule has 1 spiro atoms. The van der Waals surface area contributed by atoms with Crippen LogP contribution in [0.25, 0.3) is 0 Å². The van der Waals surface area contributed by atoms with Crippen LogP contribution >= 0.6 is 15.9 Å². The Bertz CT molecular complexity index is 1320. The number of ketones is 2. The molecule has 6 nitrogen and oxygen atoms in total. The van der Waals surface area contributed by atoms with Gasteiger partial charge in [0.25, 0.3) is 0 Å². The van der Waals surface area contributed by atoms with Crippen molar-refractivity contribution in [2.24, 2.45) is 11.8 Å². The number of nitrogens with zero attached hydrogens (tertiary/aromatic N) is 1. The highest BCUT2D eigenvalue weighted by atomic mass is 79.9. The Kier molecular flexibility index (Phi) is 4.31. The van der Waals surface area contributed by atoms with Crippen LogP contribution in [-0.4, -0.2) is 29.0 Å². The quantitative estimate of drug-likeness (QED) is 0.389. The molecule has 0 radical (unpaired) electrons. The fraction of sp³-hybridized carbons (Fsp3) is 0.154. The Morgan fingerprint density at radius 1 is 0.727 bits per heavy atom. The van der Waals surface area contributed by atoms with E-state index < -0.39 is 46.9 Å². The molecular weight excluding hydrogens is 486 g/mol. The van der Waals surface area contributed by atoms with Crippen LogP contribution in [0.1, 0.15) is 32.4 Å². The number of fused-ring (bicyclic) bond motifs is 3. The Morgan fingerprint density at radius 2 is 1.30 bits per heavy atom. The largest absolute Gasteiger partial charge is 0.349 e. The number of carbonyl (C=O) groups is 4. The molecule has 2 aliphatic heterocycles. The molecule has 33 heavy (non-hydrogen) atoms. The third-order valence-corrected chi connectivity index (χ3v) is 7.26. The van der Waals surface area contributed by atoms with Crippen molar-refractivity contribution in [2.75, 3.05) is 4.90 Å². The van der Waals surface area contributed by atoms with Gasteiger partial charge >= 0.3 is 0 Å². The standard InChI is InChI=1S/C26H16BrNO5/c27-15-12-10-14(11-13-15)21-19-20(25(32)28(24(19)31)16-6-2-1-3-7-16)26(33-21)22(29)17-8-4-5-9-18(17)23(26)30/h1-13,19-21H/t19-,20+,21+/m0/s1. The third kappa shape index (κ3) is 2.57. The van der Waals surface area contributed by atoms with Crippen molar-refractivity contribution in [1.82, 2.24) is 0 Å². The minimum absolute atomic E-state index is 0.219. The van der Waals surface area contributed by atoms with Crippen molar-refractivity contribution in [3.8, 4) is 0 Å². The van der Waals surface area contributed by atoms with Crippen molar-refractivity contribution >= 4 is 45.0 Å². The summed E-state index contributed by atoms with van der Waals surface area (Å²) < 4.78 is 7.08. The van der Waals surface area contributed by atoms with Crippen molar-refractivity contribution < 1.29 is 23.9 Å². The molecule has 0 aromatic heterocycles. The van der Waals surface area contributed by atoms with E-state index in [0.29, 0.717) is 11.3 Å². The lowest BCUT2D eigenvalue weighted by Crippen LogP contribution is -2.51. The smallest absolute Gasteiger partial charge is 0.241 e. The van der Waals surface area contributed by atoms with Gasteiger partial charge in [-0.3, -0.25) is 19.2 Å². The normalized spacial score (nSPS) is 25.1. The molecule has 3 atom stereocenters. The van der Waals surface area contributed by atoms with Crippen molar-refractivity contribution in [1.29, 1.82) is 0 Å². The van der Waals surface area contributed by atoms with Gasteiger partial charge in [0.2, 0.25) is 29.0 Å². The molecule has 0 N–H and O–H groups in total. The van der Waals surface area contributed by atoms with Gasteiger partial charge in [-0.1, -0.05) is 70.5 Å². The molecule has 3 aromatic rings. The molecule has 1 aliphatic carbocycles. The van der Waals surface area contributed by atoms with Gasteiger partial charge < -0.3 is 4.74 Å². The summed E-state index contributed by atoms with van der Waals surface area (Å²) in [5, 5.41) is 0. The Hall–Kier alpha value is -3.42. The summed E-state index contributed by atoms with van der Waals surface area (Å²) in [6.45, 7) is 0. The maximum atomic E-state index is 13.7. The lowest BCUT2D eigenvalue weighted by atomic mass is 9.77. The van der Waals surface area contributed by atoms with Crippen LogP contribution in [0.3, 0.4) is 0 Å². The van der Waals surface area contributed by atoms with Gasteiger partial charge in [-0.05, 0) is 29.8 Å². The topological polar surface area (TPSA) is 80.8 Å². The first-order valence-corrected chi connectivity index (χ1v) is 11.3. The first-order valence-electron chi connectivity index (χ1n) is 10.5. The van der Waals surface area contributed by atoms with Crippen molar-refractivity contribution in [3.05, 3.63) is 100 Å². The molecule has 7 heteroatoms. The zero-order valence-electron chi connectivity index (χ0n) is 17.1. The molecule has 6 rings (SSSR count). The molecule has 162 valence electrons. The van der Waals surface area contributed by atoms with E-state index in [1.54, 1.807) is 78.9 Å². The summed E-state index contributed by atoms with van der Waals surface area (Å²) in [6, 6.07) is 22.1. The highest BCUT2D eigenvalue weighted by molar-refractivity contribution is 9.10. The zero-order chi connectivity index (χ0) is 22.9. The summed E-state index contributed by atoms with van der Waals surface area (Å²) in [6.07, 6.45) is -0.921. The summed E-state index contributed by atoms with van der Waals surface area (Å²) in [5.74, 6) is -4.43. The number of Topliss-reactive ketones (excluding diaryl/α,β-unsaturated/α-hetero) is 2. The number of halogens is 1. The average molecular weight is 502 g/mol. The zero-order valence-corrected chi connectivity index (χ0v) is 18.7. The monoisotopic (exact) mass is 501 g/mol. The molecule has 0 saturated carbocycles. The number of imide groups is 1. The molecular formula is C26H16BrNO5. The van der Waals surface area contributed by atoms with E-state index in [4.69, 9.17) is 4.74 Å². The summed E-state index contributed by atoms with van der Waals surface area (Å²) in [7, 11) is 0. The van der Waals surface area contributed by atoms with Crippen molar-refractivity contribution in [2.45, 2.75) is 11.7 Å². The van der Waals surface area contributed by atoms with Crippen LogP contribution in [0.2, 0.25) is 0 Å². The number of hydrogen-bond donors (Lipinski definition) is 0. The lowest BCUT2D eigenvalue weighted by Gasteiger charge is -2.27. The number of anilines is 1. The maximum absolute atomic E-state index is 13.7. The van der Waals surface area contributed by atoms with Gasteiger partial charge in [0, 0.05) is 15.6 Å². The number of hydrogen-bond acceptors (Lipinski definition) is 5. The van der Waals surface area contributed by atoms with Gasteiger partial charge in [-0.2, -0.15) is 0 Å². The summed E-state index contributed by atoms with van der Waals surface area (Å²) in [4.78, 5) is 55.8. The van der Waals surface area contributed by atoms with Gasteiger partial charge in [0.1, 0.15) is 0 Å². The second kappa shape index (κ2) is 7.04. The minimum atomic E-state index is -2.05. The van der Waals surface area contributed by atoms with Crippen LogP contribution in [-0.2, 0) is 14.3 Å². The van der Waals surface area contributed by atoms with Crippen LogP contribution in [0, 0.1) is 11.8 Å². The molecule has 0 bridgehead atoms. The number of para-hydroxylation sites is 1. The number of carbonyl (C=O) groups excluding carboxylic acids is 4. The molecule has 3 aromatic carbocycles. The summed E-state index contributed by atoms with van der Waals surface area (Å²) in [5.41, 5.74) is -0.588. The molecule has 2 saturated heterocycles. The van der Waals surface area contributed by atoms with E-state index in [2.05, 4.69) is 15.9 Å². The van der Waals surface area contributed by atoms with Crippen LogP contribution in [0.15, 0.2) is 83.3 Å². The second-order valence-corrected chi connectivity index (χ2v) is 9.30. The van der Waals surface area contributed by atoms with E-state index in [1.165, 1.54) is 0 Å². The molecule has 2 fully saturated rings. The van der Waals surface area contributed by atoms with Gasteiger partial charge in [-0.25, -0.2) is 4.90 Å². The number of rotatable bonds is 2. The first-order chi connectivity index (χ1) is 15.9. The Labute approximate surface area is 197 Å². The number of ether oxygens (including phenoxy) is 1. The third-order valence-electron chi connectivity index (χ3n) is 6.73. The SMILES string of the molecule is O=C1[C@@H]2[C@@H](c3ccc(Br)cc3)OC3(C(=O)c4ccccc4C3=O)[C@H]2C(=O)N1c1ccccc1. The Morgan fingerprint density at radius 3 is 1.91 bits per heavy atom. The van der Waals surface area contributed by atoms with Crippen LogP contribution < -0.4 is 4.90 Å². The Balaban J connectivity index is 1.55. The van der Waals surface area contributed by atoms with Crippen LogP contribution in [0.4, 0.5) is 5.69 Å². The van der Waals surface area contributed by atoms with Gasteiger partial charge in [0.15, 0.2) is 0 Å². The average Bonchev–Trinajstić information content (AvgIpc) is 3.40. The predicted molar refractivity (Wildman–Crippen MR) is 122 cm³/mol. The van der Waals surface area contributed by atoms with Gasteiger partial charge in [-0.15, -0.1) is 0 Å². The fourth-order valence-corrected chi connectivity index (χ4v) is 5.57. The predicted octanol–water partition coefficient (Wildman–Crippen LogP) is 4.14. The van der Waals surface area contributed by atoms with E-state index in [1.807, 2.05) is 0 Å². The van der Waals surface area contributed by atoms with E-state index in [0.717, 1.165) is 9.37 Å². The number of amides is 2. The highest BCUT2D eigenvalue weighted by Crippen LogP contribution is 2.57. The first kappa shape index (κ1) is 20.2. The number of benzene rings is 3. The fourth-order valence-electron chi connectivity index (χ4n) is 5.30. The second-order valence-electron chi connectivity index (χ2n) is 8.38. The van der Waals surface area contributed by atoms with Crippen molar-refractivity contribution in [3.63, 3.8) is 0 Å². The summed E-state index contributed by atoms with van der Waals surface area (Å²) >= 11 is 3.39. The highest BCUT2D eigenvalue weighted by Gasteiger charge is 2.74.